The molecular weight excluding hydrogens is 637 g/mol. The van der Waals surface area contributed by atoms with Crippen molar-refractivity contribution in [2.24, 2.45) is 17.8 Å². The summed E-state index contributed by atoms with van der Waals surface area (Å²) in [7, 11) is 0. The van der Waals surface area contributed by atoms with Crippen LogP contribution in [0.15, 0.2) is 97.1 Å². The minimum atomic E-state index is -0.0251. The average Bonchev–Trinajstić information content (AvgIpc) is 3.18. The van der Waals surface area contributed by atoms with E-state index in [0.717, 1.165) is 52.1 Å². The fraction of sp³-hybridized carbons (Fsp3) is 0.500. The third kappa shape index (κ3) is 10.6. The minimum Gasteiger partial charge on any atom is -0.457 e. The van der Waals surface area contributed by atoms with Crippen LogP contribution in [0.25, 0.3) is 0 Å². The molecule has 4 aromatic carbocycles. The highest BCUT2D eigenvalue weighted by molar-refractivity contribution is 5.47. The maximum absolute atomic E-state index is 6.18. The van der Waals surface area contributed by atoms with Crippen LogP contribution >= 0.6 is 0 Å². The second kappa shape index (κ2) is 19.2. The number of rotatable bonds is 18. The van der Waals surface area contributed by atoms with Crippen molar-refractivity contribution in [2.45, 2.75) is 134 Å². The average molecular weight is 701 g/mol. The van der Waals surface area contributed by atoms with Crippen LogP contribution in [0.3, 0.4) is 0 Å². The first-order chi connectivity index (χ1) is 25.5. The molecule has 0 bridgehead atoms. The van der Waals surface area contributed by atoms with Crippen molar-refractivity contribution in [3.63, 3.8) is 0 Å². The number of nitrogen functional groups attached to an aromatic ring is 2. The number of ether oxygens (including phenoxy) is 2. The van der Waals surface area contributed by atoms with E-state index in [1.807, 2.05) is 48.5 Å². The first kappa shape index (κ1) is 37.8. The molecule has 0 unspecified atom stereocenters. The highest BCUT2D eigenvalue weighted by atomic mass is 16.5. The monoisotopic (exact) mass is 700 g/mol. The van der Waals surface area contributed by atoms with Gasteiger partial charge in [-0.3, -0.25) is 0 Å². The van der Waals surface area contributed by atoms with Gasteiger partial charge in [-0.15, -0.1) is 0 Å². The van der Waals surface area contributed by atoms with Crippen molar-refractivity contribution in [1.82, 2.24) is 0 Å². The Kier molecular flexibility index (Phi) is 14.0. The Balaban J connectivity index is 1.04. The SMILES string of the molecule is CCCCCCCCCCCCC1CCC(C2CCC(c3ccc(Oc4ccc(N)cc4)cc3)(c3ccc(Oc4ccc(N)cc4)cc3)CC2)CC1. The third-order valence-electron chi connectivity index (χ3n) is 12.5. The number of unbranched alkanes of at least 4 members (excludes halogenated alkanes) is 9. The van der Waals surface area contributed by atoms with Crippen LogP contribution in [-0.2, 0) is 5.41 Å². The summed E-state index contributed by atoms with van der Waals surface area (Å²) in [6.07, 6.45) is 26.5. The highest BCUT2D eigenvalue weighted by Gasteiger charge is 2.41. The molecule has 2 saturated carbocycles. The first-order valence-electron chi connectivity index (χ1n) is 20.8. The zero-order valence-electron chi connectivity index (χ0n) is 31.9. The highest BCUT2D eigenvalue weighted by Crippen LogP contribution is 2.51. The maximum Gasteiger partial charge on any atom is 0.127 e. The molecule has 278 valence electrons. The zero-order valence-corrected chi connectivity index (χ0v) is 31.9. The van der Waals surface area contributed by atoms with Gasteiger partial charge in [0, 0.05) is 16.8 Å². The van der Waals surface area contributed by atoms with E-state index in [1.54, 1.807) is 0 Å². The van der Waals surface area contributed by atoms with Gasteiger partial charge in [0.25, 0.3) is 0 Å². The molecule has 0 amide bonds. The van der Waals surface area contributed by atoms with E-state index in [4.69, 9.17) is 20.9 Å². The number of hydrogen-bond donors (Lipinski definition) is 2. The van der Waals surface area contributed by atoms with Crippen LogP contribution in [0.4, 0.5) is 11.4 Å². The second-order valence-electron chi connectivity index (χ2n) is 16.1. The summed E-state index contributed by atoms with van der Waals surface area (Å²) in [5, 5.41) is 0. The molecule has 0 aromatic heterocycles. The number of anilines is 2. The standard InChI is InChI=1S/C48H64N2O2/c1-2-3-4-5-6-7-8-9-10-11-12-37-13-15-38(16-14-37)39-33-35-48(36-34-39,40-17-25-44(26-18-40)51-46-29-21-42(49)22-30-46)41-19-27-45(28-20-41)52-47-31-23-43(50)24-32-47/h17-32,37-39H,2-16,33-36,49-50H2,1H3. The molecule has 2 aliphatic rings. The van der Waals surface area contributed by atoms with E-state index in [9.17, 15) is 0 Å². The van der Waals surface area contributed by atoms with Gasteiger partial charge in [-0.25, -0.2) is 0 Å². The van der Waals surface area contributed by atoms with Crippen molar-refractivity contribution in [3.05, 3.63) is 108 Å². The third-order valence-corrected chi connectivity index (χ3v) is 12.5. The summed E-state index contributed by atoms with van der Waals surface area (Å²) >= 11 is 0. The number of nitrogens with two attached hydrogens (primary N) is 2. The molecule has 2 aliphatic carbocycles. The van der Waals surface area contributed by atoms with E-state index in [0.29, 0.717) is 0 Å². The van der Waals surface area contributed by atoms with Crippen LogP contribution in [0.2, 0.25) is 0 Å². The van der Waals surface area contributed by atoms with Gasteiger partial charge in [-0.1, -0.05) is 115 Å². The van der Waals surface area contributed by atoms with Crippen LogP contribution < -0.4 is 20.9 Å². The Morgan fingerprint density at radius 1 is 0.462 bits per heavy atom. The Morgan fingerprint density at radius 3 is 1.25 bits per heavy atom. The predicted octanol–water partition coefficient (Wildman–Crippen LogP) is 14.0. The van der Waals surface area contributed by atoms with Crippen molar-refractivity contribution >= 4 is 11.4 Å². The molecule has 6 rings (SSSR count). The van der Waals surface area contributed by atoms with Gasteiger partial charge in [0.1, 0.15) is 23.0 Å². The van der Waals surface area contributed by atoms with Crippen molar-refractivity contribution < 1.29 is 9.47 Å². The predicted molar refractivity (Wildman–Crippen MR) is 219 cm³/mol. The Morgan fingerprint density at radius 2 is 0.827 bits per heavy atom. The van der Waals surface area contributed by atoms with Crippen LogP contribution in [0.5, 0.6) is 23.0 Å². The summed E-state index contributed by atoms with van der Waals surface area (Å²) in [6, 6.07) is 32.9. The van der Waals surface area contributed by atoms with Gasteiger partial charge < -0.3 is 20.9 Å². The Labute approximate surface area is 314 Å². The lowest BCUT2D eigenvalue weighted by Crippen LogP contribution is -2.35. The van der Waals surface area contributed by atoms with E-state index in [1.165, 1.54) is 133 Å². The van der Waals surface area contributed by atoms with Gasteiger partial charge in [0.15, 0.2) is 0 Å². The quantitative estimate of drug-likeness (QED) is 0.0800. The normalized spacial score (nSPS) is 18.9. The second-order valence-corrected chi connectivity index (χ2v) is 16.1. The molecule has 0 heterocycles. The van der Waals surface area contributed by atoms with Crippen molar-refractivity contribution in [2.75, 3.05) is 11.5 Å². The van der Waals surface area contributed by atoms with E-state index in [2.05, 4.69) is 55.5 Å². The molecule has 4 N–H and O–H groups in total. The molecule has 0 radical (unpaired) electrons. The fourth-order valence-corrected chi connectivity index (χ4v) is 9.25. The number of benzene rings is 4. The Hall–Kier alpha value is -3.92. The first-order valence-corrected chi connectivity index (χ1v) is 20.8. The van der Waals surface area contributed by atoms with Crippen LogP contribution in [0.1, 0.15) is 140 Å². The maximum atomic E-state index is 6.18. The van der Waals surface area contributed by atoms with Crippen molar-refractivity contribution in [3.8, 4) is 23.0 Å². The summed E-state index contributed by atoms with van der Waals surface area (Å²) in [4.78, 5) is 0. The van der Waals surface area contributed by atoms with E-state index in [-0.39, 0.29) is 5.41 Å². The molecule has 4 heteroatoms. The summed E-state index contributed by atoms with van der Waals surface area (Å²) < 4.78 is 12.4. The van der Waals surface area contributed by atoms with Crippen LogP contribution in [0, 0.1) is 17.8 Å². The Bertz CT molecular complexity index is 1490. The lowest BCUT2D eigenvalue weighted by molar-refractivity contribution is 0.140. The topological polar surface area (TPSA) is 70.5 Å². The summed E-state index contributed by atoms with van der Waals surface area (Å²) in [5.41, 5.74) is 16.0. The molecule has 52 heavy (non-hydrogen) atoms. The molecule has 0 aliphatic heterocycles. The van der Waals surface area contributed by atoms with Gasteiger partial charge in [-0.05, 0) is 140 Å². The van der Waals surface area contributed by atoms with Crippen LogP contribution in [-0.4, -0.2) is 0 Å². The minimum absolute atomic E-state index is 0.0251. The van der Waals surface area contributed by atoms with E-state index < -0.39 is 0 Å². The van der Waals surface area contributed by atoms with Gasteiger partial charge in [0.05, 0.1) is 0 Å². The fourth-order valence-electron chi connectivity index (χ4n) is 9.25. The zero-order chi connectivity index (χ0) is 36.0. The summed E-state index contributed by atoms with van der Waals surface area (Å²) in [6.45, 7) is 2.30. The molecule has 0 atom stereocenters. The largest absolute Gasteiger partial charge is 0.457 e. The summed E-state index contributed by atoms with van der Waals surface area (Å²) in [5.74, 6) is 5.99. The van der Waals surface area contributed by atoms with Crippen molar-refractivity contribution in [1.29, 1.82) is 0 Å². The lowest BCUT2D eigenvalue weighted by Gasteiger charge is -2.44. The molecule has 4 nitrogen and oxygen atoms in total. The lowest BCUT2D eigenvalue weighted by atomic mass is 9.60. The molecule has 0 spiro atoms. The van der Waals surface area contributed by atoms with Gasteiger partial charge in [0.2, 0.25) is 0 Å². The molecular formula is C48H64N2O2. The van der Waals surface area contributed by atoms with Gasteiger partial charge in [-0.2, -0.15) is 0 Å². The molecule has 2 fully saturated rings. The van der Waals surface area contributed by atoms with Gasteiger partial charge >= 0.3 is 0 Å². The number of hydrogen-bond acceptors (Lipinski definition) is 4. The molecule has 4 aromatic rings. The molecule has 0 saturated heterocycles. The smallest absolute Gasteiger partial charge is 0.127 e. The van der Waals surface area contributed by atoms with E-state index >= 15 is 0 Å².